The van der Waals surface area contributed by atoms with Crippen molar-refractivity contribution in [1.29, 1.82) is 0 Å². The third-order valence-electron chi connectivity index (χ3n) is 7.90. The molecule has 0 saturated heterocycles. The molecule has 2 saturated carbocycles. The number of unbranched alkanes of at least 4 members (excludes halogenated alkanes) is 2. The fourth-order valence-electron chi connectivity index (χ4n) is 5.59. The van der Waals surface area contributed by atoms with Crippen molar-refractivity contribution < 1.29 is 15.0 Å². The maximum atomic E-state index is 12.1. The van der Waals surface area contributed by atoms with Crippen LogP contribution >= 0.6 is 23.5 Å². The Morgan fingerprint density at radius 1 is 0.647 bits per heavy atom. The van der Waals surface area contributed by atoms with Crippen LogP contribution in [0.5, 0.6) is 0 Å². The molecule has 2 aliphatic carbocycles. The van der Waals surface area contributed by atoms with Crippen LogP contribution in [0.3, 0.4) is 0 Å². The molecule has 2 N–H and O–H groups in total. The molecule has 3 nitrogen and oxygen atoms in total. The molecule has 0 aromatic rings. The number of Topliss-reactive ketones (excluding diaryl/α,β-unsaturated/α-hetero) is 1. The van der Waals surface area contributed by atoms with Crippen LogP contribution in [0.4, 0.5) is 0 Å². The molecule has 0 aliphatic heterocycles. The monoisotopic (exact) mass is 514 g/mol. The standard InChI is InChI=1S/C29H54O3S2/c30-27(15-7-9-17-28(31)23-33-21-19-25-11-3-1-4-12-25)16-8-10-18-29(32)24-34-22-20-26-13-5-2-6-14-26/h25-26,28-29,31-32H,1-24H2. The van der Waals surface area contributed by atoms with E-state index < -0.39 is 0 Å². The summed E-state index contributed by atoms with van der Waals surface area (Å²) in [6.07, 6.45) is 23.1. The SMILES string of the molecule is O=C(CCCCC(O)CSCCC1CCCCC1)CCCCC(O)CSCCC1CCCCC1. The lowest BCUT2D eigenvalue weighted by Crippen LogP contribution is -2.12. The maximum absolute atomic E-state index is 12.1. The second kappa shape index (κ2) is 20.4. The van der Waals surface area contributed by atoms with E-state index in [2.05, 4.69) is 0 Å². The lowest BCUT2D eigenvalue weighted by atomic mass is 9.88. The summed E-state index contributed by atoms with van der Waals surface area (Å²) in [5, 5.41) is 20.4. The first-order valence-electron chi connectivity index (χ1n) is 14.7. The van der Waals surface area contributed by atoms with Crippen molar-refractivity contribution in [2.24, 2.45) is 11.8 Å². The number of aliphatic hydroxyl groups excluding tert-OH is 2. The van der Waals surface area contributed by atoms with E-state index in [1.807, 2.05) is 23.5 Å². The van der Waals surface area contributed by atoms with Gasteiger partial charge >= 0.3 is 0 Å². The average Bonchev–Trinajstić information content (AvgIpc) is 2.86. The minimum absolute atomic E-state index is 0.214. The predicted octanol–water partition coefficient (Wildman–Crippen LogP) is 7.81. The van der Waals surface area contributed by atoms with E-state index in [-0.39, 0.29) is 12.2 Å². The zero-order valence-electron chi connectivity index (χ0n) is 21.9. The zero-order valence-corrected chi connectivity index (χ0v) is 23.5. The van der Waals surface area contributed by atoms with E-state index in [1.54, 1.807) is 0 Å². The first kappa shape index (κ1) is 30.5. The fourth-order valence-corrected chi connectivity index (χ4v) is 7.80. The Kier molecular flexibility index (Phi) is 18.3. The van der Waals surface area contributed by atoms with Gasteiger partial charge in [-0.3, -0.25) is 4.79 Å². The molecule has 34 heavy (non-hydrogen) atoms. The highest BCUT2D eigenvalue weighted by Crippen LogP contribution is 2.28. The number of carbonyl (C=O) groups is 1. The molecule has 2 rings (SSSR count). The van der Waals surface area contributed by atoms with Crippen LogP contribution in [0.1, 0.15) is 128 Å². The molecular weight excluding hydrogens is 460 g/mol. The first-order valence-corrected chi connectivity index (χ1v) is 17.0. The van der Waals surface area contributed by atoms with Crippen molar-refractivity contribution >= 4 is 29.3 Å². The summed E-state index contributed by atoms with van der Waals surface area (Å²) in [6, 6.07) is 0. The smallest absolute Gasteiger partial charge is 0.132 e. The number of hydrogen-bond acceptors (Lipinski definition) is 5. The summed E-state index contributed by atoms with van der Waals surface area (Å²) < 4.78 is 0. The number of thioether (sulfide) groups is 2. The molecule has 2 atom stereocenters. The summed E-state index contributed by atoms with van der Waals surface area (Å²) in [5.41, 5.74) is 0. The topological polar surface area (TPSA) is 57.5 Å². The van der Waals surface area contributed by atoms with E-state index in [1.165, 1.54) is 88.6 Å². The minimum atomic E-state index is -0.214. The first-order chi connectivity index (χ1) is 16.6. The van der Waals surface area contributed by atoms with E-state index in [0.29, 0.717) is 18.6 Å². The molecular formula is C29H54O3S2. The highest BCUT2D eigenvalue weighted by atomic mass is 32.2. The molecule has 2 unspecified atom stereocenters. The molecule has 2 aliphatic rings. The predicted molar refractivity (Wildman–Crippen MR) is 151 cm³/mol. The average molecular weight is 515 g/mol. The largest absolute Gasteiger partial charge is 0.392 e. The van der Waals surface area contributed by atoms with Gasteiger partial charge in [-0.25, -0.2) is 0 Å². The van der Waals surface area contributed by atoms with Crippen LogP contribution < -0.4 is 0 Å². The van der Waals surface area contributed by atoms with Gasteiger partial charge in [0.2, 0.25) is 0 Å². The molecule has 0 spiro atoms. The molecule has 0 amide bonds. The number of hydrogen-bond donors (Lipinski definition) is 2. The molecule has 0 aromatic carbocycles. The van der Waals surface area contributed by atoms with Crippen LogP contribution in [-0.4, -0.2) is 51.2 Å². The van der Waals surface area contributed by atoms with Crippen molar-refractivity contribution in [3.63, 3.8) is 0 Å². The normalized spacial score (nSPS) is 19.8. The number of ketones is 1. The molecule has 200 valence electrons. The highest BCUT2D eigenvalue weighted by Gasteiger charge is 2.14. The van der Waals surface area contributed by atoms with Crippen LogP contribution in [0, 0.1) is 11.8 Å². The molecule has 0 bridgehead atoms. The van der Waals surface area contributed by atoms with Crippen molar-refractivity contribution in [1.82, 2.24) is 0 Å². The van der Waals surface area contributed by atoms with Crippen LogP contribution in [0.25, 0.3) is 0 Å². The fraction of sp³-hybridized carbons (Fsp3) is 0.966. The summed E-state index contributed by atoms with van der Waals surface area (Å²) in [7, 11) is 0. The third-order valence-corrected chi connectivity index (χ3v) is 10.2. The van der Waals surface area contributed by atoms with Gasteiger partial charge in [-0.15, -0.1) is 0 Å². The molecule has 5 heteroatoms. The Balaban J connectivity index is 1.32. The molecule has 0 aromatic heterocycles. The Morgan fingerprint density at radius 2 is 1.06 bits per heavy atom. The van der Waals surface area contributed by atoms with Gasteiger partial charge in [0.1, 0.15) is 5.78 Å². The summed E-state index contributed by atoms with van der Waals surface area (Å²) >= 11 is 3.82. The van der Waals surface area contributed by atoms with Crippen molar-refractivity contribution in [3.05, 3.63) is 0 Å². The van der Waals surface area contributed by atoms with Gasteiger partial charge in [0.05, 0.1) is 12.2 Å². The lowest BCUT2D eigenvalue weighted by molar-refractivity contribution is -0.119. The summed E-state index contributed by atoms with van der Waals surface area (Å²) in [5.74, 6) is 6.30. The van der Waals surface area contributed by atoms with E-state index >= 15 is 0 Å². The lowest BCUT2D eigenvalue weighted by Gasteiger charge is -2.21. The van der Waals surface area contributed by atoms with Gasteiger partial charge in [-0.1, -0.05) is 77.0 Å². The van der Waals surface area contributed by atoms with Gasteiger partial charge in [0.15, 0.2) is 0 Å². The van der Waals surface area contributed by atoms with E-state index in [0.717, 1.165) is 61.9 Å². The Bertz CT molecular complexity index is 448. The Labute approximate surface area is 219 Å². The molecule has 0 heterocycles. The van der Waals surface area contributed by atoms with Crippen molar-refractivity contribution in [2.75, 3.05) is 23.0 Å². The summed E-state index contributed by atoms with van der Waals surface area (Å²) in [4.78, 5) is 12.1. The third kappa shape index (κ3) is 16.1. The van der Waals surface area contributed by atoms with Crippen LogP contribution in [0.15, 0.2) is 0 Å². The van der Waals surface area contributed by atoms with Gasteiger partial charge in [-0.05, 0) is 61.9 Å². The molecule has 0 radical (unpaired) electrons. The Hall–Kier alpha value is 0.290. The van der Waals surface area contributed by atoms with Gasteiger partial charge < -0.3 is 10.2 Å². The van der Waals surface area contributed by atoms with Crippen molar-refractivity contribution in [2.45, 2.75) is 141 Å². The van der Waals surface area contributed by atoms with Crippen molar-refractivity contribution in [3.8, 4) is 0 Å². The van der Waals surface area contributed by atoms with Crippen LogP contribution in [0.2, 0.25) is 0 Å². The molecule has 2 fully saturated rings. The second-order valence-electron chi connectivity index (χ2n) is 11.1. The number of rotatable bonds is 20. The highest BCUT2D eigenvalue weighted by molar-refractivity contribution is 7.99. The Morgan fingerprint density at radius 3 is 1.47 bits per heavy atom. The van der Waals surface area contributed by atoms with E-state index in [4.69, 9.17) is 0 Å². The van der Waals surface area contributed by atoms with Gasteiger partial charge in [0, 0.05) is 24.3 Å². The quantitative estimate of drug-likeness (QED) is 0.162. The number of carbonyl (C=O) groups excluding carboxylic acids is 1. The van der Waals surface area contributed by atoms with Crippen LogP contribution in [-0.2, 0) is 4.79 Å². The number of aliphatic hydroxyl groups is 2. The van der Waals surface area contributed by atoms with Gasteiger partial charge in [0.25, 0.3) is 0 Å². The zero-order chi connectivity index (χ0) is 24.3. The van der Waals surface area contributed by atoms with Gasteiger partial charge in [-0.2, -0.15) is 23.5 Å². The summed E-state index contributed by atoms with van der Waals surface area (Å²) in [6.45, 7) is 0. The van der Waals surface area contributed by atoms with E-state index in [9.17, 15) is 15.0 Å². The maximum Gasteiger partial charge on any atom is 0.132 e. The second-order valence-corrected chi connectivity index (χ2v) is 13.4. The minimum Gasteiger partial charge on any atom is -0.392 e.